The second-order valence-corrected chi connectivity index (χ2v) is 9.09. The van der Waals surface area contributed by atoms with Crippen LogP contribution >= 0.6 is 11.8 Å². The highest BCUT2D eigenvalue weighted by molar-refractivity contribution is 8.01. The molecule has 2 aromatic carbocycles. The van der Waals surface area contributed by atoms with E-state index in [2.05, 4.69) is 40.5 Å². The van der Waals surface area contributed by atoms with Crippen LogP contribution in [-0.2, 0) is 9.53 Å². The minimum absolute atomic E-state index is 0.290. The van der Waals surface area contributed by atoms with Gasteiger partial charge in [-0.3, -0.25) is 9.36 Å². The van der Waals surface area contributed by atoms with E-state index in [1.807, 2.05) is 24.5 Å². The number of fused-ring (bicyclic) bond motifs is 1. The third kappa shape index (κ3) is 3.43. The standard InChI is InChI=1S/C21H22BN3O2S/c1-4-27-18(26)21(2,3)28-20-24-23-19(22)25(20)17-12-11-14(13-9-10-13)15-7-5-6-8-16(15)17/h5-8,11-13H,4,9-10H2,1-3H3. The van der Waals surface area contributed by atoms with Gasteiger partial charge in [-0.15, -0.1) is 10.2 Å². The molecule has 28 heavy (non-hydrogen) atoms. The van der Waals surface area contributed by atoms with Crippen molar-refractivity contribution in [1.29, 1.82) is 0 Å². The Labute approximate surface area is 170 Å². The quantitative estimate of drug-likeness (QED) is 0.366. The lowest BCUT2D eigenvalue weighted by atomic mass is 9.99. The molecule has 7 heteroatoms. The molecule has 0 aliphatic heterocycles. The van der Waals surface area contributed by atoms with Crippen molar-refractivity contribution in [3.8, 4) is 5.69 Å². The summed E-state index contributed by atoms with van der Waals surface area (Å²) in [5.41, 5.74) is 2.60. The van der Waals surface area contributed by atoms with E-state index < -0.39 is 4.75 Å². The van der Waals surface area contributed by atoms with Gasteiger partial charge in [-0.2, -0.15) is 0 Å². The van der Waals surface area contributed by atoms with Gasteiger partial charge in [0.1, 0.15) is 4.75 Å². The van der Waals surface area contributed by atoms with Crippen molar-refractivity contribution in [3.05, 3.63) is 42.0 Å². The van der Waals surface area contributed by atoms with Crippen LogP contribution in [0.15, 0.2) is 41.6 Å². The predicted octanol–water partition coefficient (Wildman–Crippen LogP) is 3.53. The van der Waals surface area contributed by atoms with E-state index in [1.54, 1.807) is 6.92 Å². The van der Waals surface area contributed by atoms with Crippen LogP contribution in [0.1, 0.15) is 45.1 Å². The largest absolute Gasteiger partial charge is 0.465 e. The molecule has 0 atom stereocenters. The first-order valence-electron chi connectivity index (χ1n) is 9.51. The number of thioether (sulfide) groups is 1. The molecule has 3 aromatic rings. The third-order valence-corrected chi connectivity index (χ3v) is 6.09. The molecular weight excluding hydrogens is 369 g/mol. The van der Waals surface area contributed by atoms with Crippen molar-refractivity contribution < 1.29 is 9.53 Å². The van der Waals surface area contributed by atoms with E-state index in [4.69, 9.17) is 12.6 Å². The molecule has 0 unspecified atom stereocenters. The van der Waals surface area contributed by atoms with Gasteiger partial charge in [-0.1, -0.05) is 42.1 Å². The molecule has 142 valence electrons. The van der Waals surface area contributed by atoms with Crippen LogP contribution in [0.2, 0.25) is 0 Å². The van der Waals surface area contributed by atoms with Gasteiger partial charge < -0.3 is 4.74 Å². The first kappa shape index (κ1) is 19.1. The number of rotatable bonds is 6. The molecule has 5 nitrogen and oxygen atoms in total. The van der Waals surface area contributed by atoms with Crippen molar-refractivity contribution in [2.24, 2.45) is 0 Å². The molecule has 2 radical (unpaired) electrons. The number of hydrogen-bond acceptors (Lipinski definition) is 5. The maximum Gasteiger partial charge on any atom is 0.322 e. The number of hydrogen-bond donors (Lipinski definition) is 0. The summed E-state index contributed by atoms with van der Waals surface area (Å²) in [5, 5.41) is 11.2. The van der Waals surface area contributed by atoms with Crippen molar-refractivity contribution in [1.82, 2.24) is 14.8 Å². The second kappa shape index (κ2) is 7.28. The van der Waals surface area contributed by atoms with E-state index >= 15 is 0 Å². The zero-order chi connectivity index (χ0) is 19.9. The Hall–Kier alpha value is -2.28. The Kier molecular flexibility index (Phi) is 4.95. The smallest absolute Gasteiger partial charge is 0.322 e. The van der Waals surface area contributed by atoms with Crippen LogP contribution in [0.3, 0.4) is 0 Å². The Balaban J connectivity index is 1.80. The molecule has 1 saturated carbocycles. The Morgan fingerprint density at radius 3 is 2.61 bits per heavy atom. The SMILES string of the molecule is [B]c1nnc(SC(C)(C)C(=O)OCC)n1-c1ccc(C2CC2)c2ccccc12. The number of nitrogens with zero attached hydrogens (tertiary/aromatic N) is 3. The first-order valence-corrected chi connectivity index (χ1v) is 10.3. The fourth-order valence-corrected chi connectivity index (χ4v) is 4.36. The molecule has 1 aliphatic rings. The summed E-state index contributed by atoms with van der Waals surface area (Å²) >= 11 is 1.30. The first-order chi connectivity index (χ1) is 13.4. The third-order valence-electron chi connectivity index (χ3n) is 4.96. The average molecular weight is 391 g/mol. The molecule has 1 fully saturated rings. The monoisotopic (exact) mass is 391 g/mol. The lowest BCUT2D eigenvalue weighted by molar-refractivity contribution is -0.145. The summed E-state index contributed by atoms with van der Waals surface area (Å²) < 4.78 is 6.22. The fourth-order valence-electron chi connectivity index (χ4n) is 3.40. The highest BCUT2D eigenvalue weighted by Gasteiger charge is 2.33. The number of ether oxygens (including phenoxy) is 1. The van der Waals surface area contributed by atoms with Gasteiger partial charge in [0.15, 0.2) is 13.0 Å². The van der Waals surface area contributed by atoms with E-state index in [-0.39, 0.29) is 5.97 Å². The summed E-state index contributed by atoms with van der Waals surface area (Å²) in [7, 11) is 6.19. The minimum atomic E-state index is -0.809. The highest BCUT2D eigenvalue weighted by atomic mass is 32.2. The lowest BCUT2D eigenvalue weighted by Gasteiger charge is -2.22. The molecule has 1 heterocycles. The van der Waals surface area contributed by atoms with Crippen LogP contribution in [0, 0.1) is 0 Å². The maximum atomic E-state index is 12.3. The molecule has 4 rings (SSSR count). The Morgan fingerprint density at radius 1 is 1.21 bits per heavy atom. The van der Waals surface area contributed by atoms with Gasteiger partial charge in [0.25, 0.3) is 0 Å². The molecule has 0 spiro atoms. The molecule has 0 saturated heterocycles. The summed E-state index contributed by atoms with van der Waals surface area (Å²) in [6.45, 7) is 5.77. The number of esters is 1. The van der Waals surface area contributed by atoms with Crippen LogP contribution in [-0.4, -0.2) is 39.9 Å². The number of carbonyl (C=O) groups excluding carboxylic acids is 1. The van der Waals surface area contributed by atoms with Crippen molar-refractivity contribution >= 4 is 42.1 Å². The Bertz CT molecular complexity index is 1040. The van der Waals surface area contributed by atoms with Gasteiger partial charge in [0.05, 0.1) is 18.0 Å². The molecule has 1 aliphatic carbocycles. The molecule has 1 aromatic heterocycles. The molecule has 0 bridgehead atoms. The normalized spacial score (nSPS) is 14.4. The van der Waals surface area contributed by atoms with Crippen LogP contribution < -0.4 is 5.72 Å². The van der Waals surface area contributed by atoms with Crippen LogP contribution in [0.25, 0.3) is 16.5 Å². The fraction of sp³-hybridized carbons (Fsp3) is 0.381. The van der Waals surface area contributed by atoms with Gasteiger partial charge in [0.2, 0.25) is 0 Å². The average Bonchev–Trinajstić information content (AvgIpc) is 3.45. The van der Waals surface area contributed by atoms with Gasteiger partial charge >= 0.3 is 5.97 Å². The van der Waals surface area contributed by atoms with Crippen molar-refractivity contribution in [3.63, 3.8) is 0 Å². The topological polar surface area (TPSA) is 57.0 Å². The van der Waals surface area contributed by atoms with Crippen LogP contribution in [0.5, 0.6) is 0 Å². The van der Waals surface area contributed by atoms with Crippen molar-refractivity contribution in [2.75, 3.05) is 6.61 Å². The van der Waals surface area contributed by atoms with E-state index in [1.165, 1.54) is 35.6 Å². The van der Waals surface area contributed by atoms with E-state index in [0.717, 1.165) is 11.1 Å². The van der Waals surface area contributed by atoms with Gasteiger partial charge in [0, 0.05) is 5.39 Å². The minimum Gasteiger partial charge on any atom is -0.465 e. The highest BCUT2D eigenvalue weighted by Crippen LogP contribution is 2.44. The van der Waals surface area contributed by atoms with Gasteiger partial charge in [-0.05, 0) is 56.5 Å². The zero-order valence-corrected chi connectivity index (χ0v) is 17.1. The summed E-state index contributed by atoms with van der Waals surface area (Å²) in [4.78, 5) is 12.3. The molecular formula is C21H22BN3O2S. The molecule has 0 N–H and O–H groups in total. The summed E-state index contributed by atoms with van der Waals surface area (Å²) in [6.07, 6.45) is 2.49. The van der Waals surface area contributed by atoms with E-state index in [9.17, 15) is 4.79 Å². The van der Waals surface area contributed by atoms with E-state index in [0.29, 0.717) is 23.4 Å². The van der Waals surface area contributed by atoms with Gasteiger partial charge in [-0.25, -0.2) is 0 Å². The van der Waals surface area contributed by atoms with Crippen molar-refractivity contribution in [2.45, 2.75) is 49.4 Å². The molecule has 0 amide bonds. The number of benzene rings is 2. The zero-order valence-electron chi connectivity index (χ0n) is 16.3. The lowest BCUT2D eigenvalue weighted by Crippen LogP contribution is -2.31. The second-order valence-electron chi connectivity index (χ2n) is 7.50. The predicted molar refractivity (Wildman–Crippen MR) is 113 cm³/mol. The number of carbonyl (C=O) groups is 1. The maximum absolute atomic E-state index is 12.3. The summed E-state index contributed by atoms with van der Waals surface area (Å²) in [5.74, 6) is 0.357. The number of aromatic nitrogens is 3. The van der Waals surface area contributed by atoms with Crippen LogP contribution in [0.4, 0.5) is 0 Å². The Morgan fingerprint density at radius 2 is 1.93 bits per heavy atom. The summed E-state index contributed by atoms with van der Waals surface area (Å²) in [6, 6.07) is 12.6.